The van der Waals surface area contributed by atoms with Crippen molar-refractivity contribution in [3.63, 3.8) is 0 Å². The van der Waals surface area contributed by atoms with E-state index in [-0.39, 0.29) is 17.1 Å². The number of aromatic nitrogens is 2. The van der Waals surface area contributed by atoms with Crippen LogP contribution in [0, 0.1) is 11.3 Å². The molecule has 142 valence electrons. The molecule has 0 bridgehead atoms. The third-order valence-corrected chi connectivity index (χ3v) is 4.85. The van der Waals surface area contributed by atoms with Crippen molar-refractivity contribution in [2.45, 2.75) is 31.4 Å². The van der Waals surface area contributed by atoms with E-state index in [9.17, 15) is 4.79 Å². The molecule has 0 radical (unpaired) electrons. The summed E-state index contributed by atoms with van der Waals surface area (Å²) in [5.74, 6) is 0.379. The maximum atomic E-state index is 12.1. The number of amides is 1. The lowest BCUT2D eigenvalue weighted by Crippen LogP contribution is -2.13. The quantitative estimate of drug-likeness (QED) is 0.636. The first-order valence-corrected chi connectivity index (χ1v) is 9.71. The van der Waals surface area contributed by atoms with Gasteiger partial charge in [0, 0.05) is 11.3 Å². The van der Waals surface area contributed by atoms with Crippen LogP contribution in [0.1, 0.15) is 31.9 Å². The molecule has 0 aliphatic heterocycles. The number of rotatable bonds is 5. The van der Waals surface area contributed by atoms with Crippen molar-refractivity contribution < 1.29 is 9.21 Å². The topological polar surface area (TPSA) is 91.8 Å². The average molecular weight is 392 g/mol. The molecule has 2 aromatic carbocycles. The van der Waals surface area contributed by atoms with E-state index in [2.05, 4.69) is 48.4 Å². The Kier molecular flexibility index (Phi) is 5.81. The summed E-state index contributed by atoms with van der Waals surface area (Å²) < 4.78 is 5.65. The van der Waals surface area contributed by atoms with Crippen LogP contribution in [0.5, 0.6) is 0 Å². The number of benzene rings is 2. The number of hydrogen-bond acceptors (Lipinski definition) is 6. The molecule has 3 rings (SSSR count). The Labute approximate surface area is 168 Å². The second-order valence-corrected chi connectivity index (χ2v) is 8.15. The van der Waals surface area contributed by atoms with Gasteiger partial charge in [-0.1, -0.05) is 44.7 Å². The Balaban J connectivity index is 1.57. The summed E-state index contributed by atoms with van der Waals surface area (Å²) in [5.41, 5.74) is 3.33. The molecule has 1 N–H and O–H groups in total. The normalized spacial score (nSPS) is 11.1. The van der Waals surface area contributed by atoms with Crippen LogP contribution in [0.25, 0.3) is 11.5 Å². The molecular weight excluding hydrogens is 372 g/mol. The van der Waals surface area contributed by atoms with Gasteiger partial charge in [0.15, 0.2) is 0 Å². The first-order valence-electron chi connectivity index (χ1n) is 8.72. The van der Waals surface area contributed by atoms with E-state index in [0.717, 1.165) is 5.56 Å². The molecule has 0 fully saturated rings. The molecule has 6 nitrogen and oxygen atoms in total. The van der Waals surface area contributed by atoms with Gasteiger partial charge in [0.1, 0.15) is 0 Å². The highest BCUT2D eigenvalue weighted by Gasteiger charge is 2.15. The van der Waals surface area contributed by atoms with Gasteiger partial charge in [-0.05, 0) is 47.4 Å². The van der Waals surface area contributed by atoms with Crippen LogP contribution in [-0.4, -0.2) is 21.9 Å². The Morgan fingerprint density at radius 1 is 1.11 bits per heavy atom. The average Bonchev–Trinajstić information content (AvgIpc) is 3.15. The fraction of sp³-hybridized carbons (Fsp3) is 0.238. The smallest absolute Gasteiger partial charge is 0.277 e. The summed E-state index contributed by atoms with van der Waals surface area (Å²) in [4.78, 5) is 12.1. The van der Waals surface area contributed by atoms with Gasteiger partial charge < -0.3 is 9.73 Å². The zero-order chi connectivity index (χ0) is 20.1. The van der Waals surface area contributed by atoms with E-state index < -0.39 is 0 Å². The fourth-order valence-electron chi connectivity index (χ4n) is 2.45. The molecule has 3 aromatic rings. The molecule has 0 unspecified atom stereocenters. The van der Waals surface area contributed by atoms with Crippen LogP contribution >= 0.6 is 11.8 Å². The molecular formula is C21H20N4O2S. The minimum atomic E-state index is -0.191. The molecule has 7 heteroatoms. The third kappa shape index (κ3) is 4.99. The second-order valence-electron chi connectivity index (χ2n) is 7.23. The summed E-state index contributed by atoms with van der Waals surface area (Å²) in [5, 5.41) is 19.9. The van der Waals surface area contributed by atoms with Crippen molar-refractivity contribution >= 4 is 23.4 Å². The standard InChI is InChI=1S/C21H20N4O2S/c1-21(2,3)16-8-6-15(7-9-16)19-24-25-20(27-19)28-13-18(26)23-17-10-4-14(12-22)5-11-17/h4-11H,13H2,1-3H3,(H,23,26). The van der Waals surface area contributed by atoms with Crippen molar-refractivity contribution in [2.75, 3.05) is 11.1 Å². The van der Waals surface area contributed by atoms with Crippen molar-refractivity contribution in [3.05, 3.63) is 59.7 Å². The number of carbonyl (C=O) groups excluding carboxylic acids is 1. The van der Waals surface area contributed by atoms with E-state index in [0.29, 0.717) is 22.4 Å². The van der Waals surface area contributed by atoms with Crippen LogP contribution in [0.4, 0.5) is 5.69 Å². The minimum Gasteiger partial charge on any atom is -0.411 e. The summed E-state index contributed by atoms with van der Waals surface area (Å²) >= 11 is 1.17. The van der Waals surface area contributed by atoms with E-state index in [1.807, 2.05) is 18.2 Å². The molecule has 0 aliphatic rings. The van der Waals surface area contributed by atoms with Crippen LogP contribution in [0.15, 0.2) is 58.2 Å². The minimum absolute atomic E-state index is 0.0800. The number of anilines is 1. The van der Waals surface area contributed by atoms with E-state index in [4.69, 9.17) is 9.68 Å². The summed E-state index contributed by atoms with van der Waals surface area (Å²) in [7, 11) is 0. The molecule has 28 heavy (non-hydrogen) atoms. The van der Waals surface area contributed by atoms with E-state index >= 15 is 0 Å². The summed E-state index contributed by atoms with van der Waals surface area (Å²) in [6.45, 7) is 6.48. The van der Waals surface area contributed by atoms with Crippen molar-refractivity contribution in [3.8, 4) is 17.5 Å². The Morgan fingerprint density at radius 2 is 1.79 bits per heavy atom. The number of nitriles is 1. The van der Waals surface area contributed by atoms with Gasteiger partial charge in [-0.3, -0.25) is 4.79 Å². The van der Waals surface area contributed by atoms with Crippen LogP contribution in [0.3, 0.4) is 0 Å². The lowest BCUT2D eigenvalue weighted by Gasteiger charge is -2.18. The lowest BCUT2D eigenvalue weighted by molar-refractivity contribution is -0.113. The van der Waals surface area contributed by atoms with Crippen molar-refractivity contribution in [1.82, 2.24) is 10.2 Å². The van der Waals surface area contributed by atoms with Gasteiger partial charge in [0.25, 0.3) is 5.22 Å². The highest BCUT2D eigenvalue weighted by Crippen LogP contribution is 2.27. The van der Waals surface area contributed by atoms with Crippen molar-refractivity contribution in [1.29, 1.82) is 5.26 Å². The second kappa shape index (κ2) is 8.28. The van der Waals surface area contributed by atoms with Gasteiger partial charge in [-0.25, -0.2) is 0 Å². The molecule has 0 atom stereocenters. The SMILES string of the molecule is CC(C)(C)c1ccc(-c2nnc(SCC(=O)Nc3ccc(C#N)cc3)o2)cc1. The van der Waals surface area contributed by atoms with E-state index in [1.165, 1.54) is 17.3 Å². The van der Waals surface area contributed by atoms with E-state index in [1.54, 1.807) is 24.3 Å². The highest BCUT2D eigenvalue weighted by molar-refractivity contribution is 7.99. The Morgan fingerprint density at radius 3 is 2.39 bits per heavy atom. The largest absolute Gasteiger partial charge is 0.411 e. The van der Waals surface area contributed by atoms with Gasteiger partial charge >= 0.3 is 0 Å². The number of carbonyl (C=O) groups is 1. The number of hydrogen-bond donors (Lipinski definition) is 1. The van der Waals surface area contributed by atoms with Crippen LogP contribution in [-0.2, 0) is 10.2 Å². The fourth-order valence-corrected chi connectivity index (χ4v) is 3.01. The number of nitrogens with zero attached hydrogens (tertiary/aromatic N) is 3. The first-order chi connectivity index (χ1) is 13.3. The summed E-state index contributed by atoms with van der Waals surface area (Å²) in [6, 6.07) is 16.7. The Hall–Kier alpha value is -3.11. The Bertz CT molecular complexity index is 997. The monoisotopic (exact) mass is 392 g/mol. The predicted octanol–water partition coefficient (Wildman–Crippen LogP) is 4.64. The van der Waals surface area contributed by atoms with Gasteiger partial charge in [-0.15, -0.1) is 10.2 Å². The van der Waals surface area contributed by atoms with Crippen molar-refractivity contribution in [2.24, 2.45) is 0 Å². The third-order valence-electron chi connectivity index (χ3n) is 4.03. The lowest BCUT2D eigenvalue weighted by atomic mass is 9.87. The maximum absolute atomic E-state index is 12.1. The zero-order valence-corrected chi connectivity index (χ0v) is 16.7. The van der Waals surface area contributed by atoms with Crippen LogP contribution < -0.4 is 5.32 Å². The first kappa shape index (κ1) is 19.6. The highest BCUT2D eigenvalue weighted by atomic mass is 32.2. The molecule has 0 spiro atoms. The molecule has 0 saturated carbocycles. The maximum Gasteiger partial charge on any atom is 0.277 e. The van der Waals surface area contributed by atoms with Crippen LogP contribution in [0.2, 0.25) is 0 Å². The summed E-state index contributed by atoms with van der Waals surface area (Å²) in [6.07, 6.45) is 0. The predicted molar refractivity (Wildman–Crippen MR) is 109 cm³/mol. The molecule has 1 aromatic heterocycles. The molecule has 0 aliphatic carbocycles. The molecule has 1 heterocycles. The number of nitrogens with one attached hydrogen (secondary N) is 1. The number of thioether (sulfide) groups is 1. The van der Waals surface area contributed by atoms with Gasteiger partial charge in [0.05, 0.1) is 17.4 Å². The molecule has 1 amide bonds. The molecule has 0 saturated heterocycles. The van der Waals surface area contributed by atoms with Gasteiger partial charge in [-0.2, -0.15) is 5.26 Å². The zero-order valence-electron chi connectivity index (χ0n) is 15.9. The van der Waals surface area contributed by atoms with Gasteiger partial charge in [0.2, 0.25) is 11.8 Å².